The van der Waals surface area contributed by atoms with Gasteiger partial charge in [-0.2, -0.15) is 11.0 Å². The maximum absolute atomic E-state index is 5.76. The van der Waals surface area contributed by atoms with Gasteiger partial charge in [0.2, 0.25) is 0 Å². The Morgan fingerprint density at radius 3 is 0.857 bits per heavy atom. The predicted octanol–water partition coefficient (Wildman–Crippen LogP) is 11.0. The van der Waals surface area contributed by atoms with Gasteiger partial charge in [0.05, 0.1) is 0 Å². The summed E-state index contributed by atoms with van der Waals surface area (Å²) in [6, 6.07) is 0. The zero-order valence-corrected chi connectivity index (χ0v) is 25.4. The molecule has 0 saturated heterocycles. The van der Waals surface area contributed by atoms with E-state index in [1.807, 2.05) is 0 Å². The molecule has 3 heteroatoms. The van der Waals surface area contributed by atoms with Crippen molar-refractivity contribution in [3.63, 3.8) is 0 Å². The van der Waals surface area contributed by atoms with E-state index in [1.54, 1.807) is 0 Å². The summed E-state index contributed by atoms with van der Waals surface area (Å²) in [5, 5.41) is 0. The molecule has 0 rings (SSSR count). The highest BCUT2D eigenvalue weighted by Crippen LogP contribution is 2.19. The lowest BCUT2D eigenvalue weighted by molar-refractivity contribution is -0.113. The zero-order valence-electron chi connectivity index (χ0n) is 25.4. The third-order valence-electron chi connectivity index (χ3n) is 7.47. The summed E-state index contributed by atoms with van der Waals surface area (Å²) >= 11 is 0. The van der Waals surface area contributed by atoms with Gasteiger partial charge in [0.25, 0.3) is 0 Å². The van der Waals surface area contributed by atoms with E-state index in [1.165, 1.54) is 141 Å². The van der Waals surface area contributed by atoms with Crippen LogP contribution in [-0.4, -0.2) is 11.1 Å². The van der Waals surface area contributed by atoms with Crippen molar-refractivity contribution in [2.75, 3.05) is 0 Å². The van der Waals surface area contributed by atoms with Gasteiger partial charge in [-0.15, -0.1) is 0 Å². The van der Waals surface area contributed by atoms with Gasteiger partial charge in [-0.3, -0.25) is 0 Å². The maximum atomic E-state index is 5.76. The van der Waals surface area contributed by atoms with E-state index in [-0.39, 0.29) is 11.1 Å². The third kappa shape index (κ3) is 26.7. The third-order valence-corrected chi connectivity index (χ3v) is 7.47. The Balaban J connectivity index is 3.58. The quantitative estimate of drug-likeness (QED) is 0.0834. The number of nitrogens with one attached hydrogen (secondary N) is 2. The molecule has 0 atom stereocenters. The summed E-state index contributed by atoms with van der Waals surface area (Å²) in [4.78, 5) is 5.76. The summed E-state index contributed by atoms with van der Waals surface area (Å²) in [6.07, 6.45) is 33.1. The Kier molecular flexibility index (Phi) is 24.1. The molecule has 0 heterocycles. The van der Waals surface area contributed by atoms with Crippen molar-refractivity contribution in [1.29, 1.82) is 0 Å². The van der Waals surface area contributed by atoms with Gasteiger partial charge in [-0.05, 0) is 40.5 Å². The molecular formula is C32H68N2O. The number of rotatable bonds is 28. The summed E-state index contributed by atoms with van der Waals surface area (Å²) in [6.45, 7) is 13.6. The van der Waals surface area contributed by atoms with Crippen molar-refractivity contribution in [3.8, 4) is 0 Å². The van der Waals surface area contributed by atoms with E-state index in [2.05, 4.69) is 52.5 Å². The summed E-state index contributed by atoms with van der Waals surface area (Å²) in [5.74, 6) is 0. The van der Waals surface area contributed by atoms with E-state index < -0.39 is 0 Å². The maximum Gasteiger partial charge on any atom is 0.0395 e. The molecule has 0 aliphatic heterocycles. The van der Waals surface area contributed by atoms with Gasteiger partial charge < -0.3 is 0 Å². The largest absolute Gasteiger partial charge is 0.213 e. The van der Waals surface area contributed by atoms with E-state index in [4.69, 9.17) is 4.94 Å². The van der Waals surface area contributed by atoms with E-state index in [9.17, 15) is 0 Å². The second-order valence-electron chi connectivity index (χ2n) is 12.6. The fourth-order valence-electron chi connectivity index (χ4n) is 4.87. The molecule has 35 heavy (non-hydrogen) atoms. The lowest BCUT2D eigenvalue weighted by atomic mass is 9.96. The molecule has 0 aromatic carbocycles. The standard InChI is InChI=1S/C32H68N2O/c1-7-9-11-13-15-17-19-21-23-25-27-29-31(3,4)33-35-34-32(5,6)30-28-26-24-22-20-18-16-14-12-10-8-2/h33-34H,7-30H2,1-6H3. The molecule has 0 aromatic rings. The molecule has 0 amide bonds. The monoisotopic (exact) mass is 497 g/mol. The Morgan fingerprint density at radius 2 is 0.600 bits per heavy atom. The van der Waals surface area contributed by atoms with Crippen LogP contribution in [0.15, 0.2) is 0 Å². The molecule has 212 valence electrons. The van der Waals surface area contributed by atoms with Crippen LogP contribution in [0.2, 0.25) is 0 Å². The molecule has 2 N–H and O–H groups in total. The Bertz CT molecular complexity index is 384. The van der Waals surface area contributed by atoms with Crippen LogP contribution in [-0.2, 0) is 4.94 Å². The van der Waals surface area contributed by atoms with Crippen LogP contribution < -0.4 is 11.0 Å². The average molecular weight is 497 g/mol. The summed E-state index contributed by atoms with van der Waals surface area (Å²) in [7, 11) is 0. The minimum Gasteiger partial charge on any atom is -0.213 e. The van der Waals surface area contributed by atoms with Crippen molar-refractivity contribution in [2.45, 2.75) is 207 Å². The predicted molar refractivity (Wildman–Crippen MR) is 158 cm³/mol. The fraction of sp³-hybridized carbons (Fsp3) is 1.00. The Hall–Kier alpha value is -0.120. The highest BCUT2D eigenvalue weighted by Gasteiger charge is 2.21. The van der Waals surface area contributed by atoms with Crippen LogP contribution in [0.4, 0.5) is 0 Å². The van der Waals surface area contributed by atoms with Gasteiger partial charge in [0.1, 0.15) is 0 Å². The number of hydrogen-bond donors (Lipinski definition) is 2. The molecule has 0 bridgehead atoms. The first-order valence-corrected chi connectivity index (χ1v) is 16.0. The van der Waals surface area contributed by atoms with E-state index >= 15 is 0 Å². The van der Waals surface area contributed by atoms with Crippen LogP contribution in [0.5, 0.6) is 0 Å². The fourth-order valence-corrected chi connectivity index (χ4v) is 4.87. The Morgan fingerprint density at radius 1 is 0.371 bits per heavy atom. The average Bonchev–Trinajstić information content (AvgIpc) is 2.80. The molecule has 0 saturated carbocycles. The first-order valence-electron chi connectivity index (χ1n) is 16.0. The normalized spacial score (nSPS) is 12.5. The molecule has 0 aliphatic carbocycles. The van der Waals surface area contributed by atoms with Crippen LogP contribution in [0.25, 0.3) is 0 Å². The van der Waals surface area contributed by atoms with Crippen LogP contribution >= 0.6 is 0 Å². The zero-order chi connectivity index (χ0) is 26.1. The van der Waals surface area contributed by atoms with Crippen LogP contribution in [0.1, 0.15) is 196 Å². The SMILES string of the molecule is CCCCCCCCCCCCCC(C)(C)NONC(C)(C)CCCCCCCCCCCCC. The number of unbranched alkanes of at least 4 members (excludes halogenated alkanes) is 20. The lowest BCUT2D eigenvalue weighted by Crippen LogP contribution is -2.48. The minimum atomic E-state index is 0.0128. The second-order valence-corrected chi connectivity index (χ2v) is 12.6. The molecule has 0 aliphatic rings. The van der Waals surface area contributed by atoms with E-state index in [0.29, 0.717) is 0 Å². The van der Waals surface area contributed by atoms with Gasteiger partial charge in [-0.1, -0.05) is 155 Å². The first kappa shape index (κ1) is 34.9. The molecule has 0 spiro atoms. The van der Waals surface area contributed by atoms with Crippen molar-refractivity contribution in [2.24, 2.45) is 0 Å². The summed E-state index contributed by atoms with van der Waals surface area (Å²) in [5.41, 5.74) is 6.59. The highest BCUT2D eigenvalue weighted by molar-refractivity contribution is 4.75. The molecule has 0 fully saturated rings. The Labute approximate surface area is 222 Å². The summed E-state index contributed by atoms with van der Waals surface area (Å²) < 4.78 is 0. The van der Waals surface area contributed by atoms with Crippen LogP contribution in [0, 0.1) is 0 Å². The van der Waals surface area contributed by atoms with Crippen molar-refractivity contribution >= 4 is 0 Å². The van der Waals surface area contributed by atoms with Gasteiger partial charge in [0.15, 0.2) is 0 Å². The first-order chi connectivity index (χ1) is 16.8. The molecule has 0 aromatic heterocycles. The molecule has 3 nitrogen and oxygen atoms in total. The topological polar surface area (TPSA) is 33.3 Å². The van der Waals surface area contributed by atoms with Gasteiger partial charge in [-0.25, -0.2) is 4.94 Å². The van der Waals surface area contributed by atoms with Gasteiger partial charge in [0, 0.05) is 11.1 Å². The van der Waals surface area contributed by atoms with Gasteiger partial charge >= 0.3 is 0 Å². The van der Waals surface area contributed by atoms with Crippen LogP contribution in [0.3, 0.4) is 0 Å². The number of hydrogen-bond acceptors (Lipinski definition) is 3. The molecular weight excluding hydrogens is 428 g/mol. The molecule has 0 unspecified atom stereocenters. The number of hydroxylamine groups is 2. The van der Waals surface area contributed by atoms with Crippen molar-refractivity contribution in [3.05, 3.63) is 0 Å². The smallest absolute Gasteiger partial charge is 0.0395 e. The van der Waals surface area contributed by atoms with E-state index in [0.717, 1.165) is 12.8 Å². The van der Waals surface area contributed by atoms with Crippen molar-refractivity contribution < 1.29 is 4.94 Å². The van der Waals surface area contributed by atoms with Crippen molar-refractivity contribution in [1.82, 2.24) is 11.0 Å². The molecule has 0 radical (unpaired) electrons. The minimum absolute atomic E-state index is 0.0128. The second kappa shape index (κ2) is 24.2. The highest BCUT2D eigenvalue weighted by atomic mass is 16.8. The lowest BCUT2D eigenvalue weighted by Gasteiger charge is -2.30.